The molecule has 1 fully saturated rings. The van der Waals surface area contributed by atoms with Crippen LogP contribution in [-0.2, 0) is 11.2 Å². The summed E-state index contributed by atoms with van der Waals surface area (Å²) >= 11 is 13.6. The first-order valence-corrected chi connectivity index (χ1v) is 8.03. The molecule has 0 radical (unpaired) electrons. The minimum absolute atomic E-state index is 0.269. The van der Waals surface area contributed by atoms with Gasteiger partial charge < -0.3 is 0 Å². The molecule has 1 aliphatic rings. The Labute approximate surface area is 122 Å². The molecular formula is C14H16Cl2OS. The van der Waals surface area contributed by atoms with Crippen LogP contribution in [0.4, 0.5) is 0 Å². The van der Waals surface area contributed by atoms with Crippen molar-refractivity contribution in [3.63, 3.8) is 0 Å². The van der Waals surface area contributed by atoms with Gasteiger partial charge in [0.05, 0.1) is 15.8 Å². The Bertz CT molecular complexity index is 428. The first-order chi connectivity index (χ1) is 8.65. The maximum atomic E-state index is 11.9. The van der Waals surface area contributed by atoms with Crippen molar-refractivity contribution >= 4 is 40.7 Å². The molecule has 0 bridgehead atoms. The number of halogens is 2. The molecule has 0 atom stereocenters. The highest BCUT2D eigenvalue weighted by Crippen LogP contribution is 2.29. The lowest BCUT2D eigenvalue weighted by Crippen LogP contribution is -2.08. The number of thioether (sulfide) groups is 1. The number of hydrogen-bond acceptors (Lipinski definition) is 2. The summed E-state index contributed by atoms with van der Waals surface area (Å²) in [6.07, 6.45) is 5.63. The third-order valence-electron chi connectivity index (χ3n) is 3.17. The third-order valence-corrected chi connectivity index (χ3v) is 5.34. The molecule has 0 saturated heterocycles. The van der Waals surface area contributed by atoms with E-state index in [1.165, 1.54) is 25.7 Å². The lowest BCUT2D eigenvalue weighted by Gasteiger charge is -2.08. The molecule has 98 valence electrons. The fraction of sp³-hybridized carbons (Fsp3) is 0.500. The number of benzene rings is 1. The van der Waals surface area contributed by atoms with Crippen molar-refractivity contribution < 1.29 is 4.79 Å². The van der Waals surface area contributed by atoms with Gasteiger partial charge in [-0.1, -0.05) is 42.1 Å². The van der Waals surface area contributed by atoms with E-state index >= 15 is 0 Å². The Morgan fingerprint density at radius 3 is 2.61 bits per heavy atom. The quantitative estimate of drug-likeness (QED) is 0.778. The van der Waals surface area contributed by atoms with Crippen LogP contribution in [0, 0.1) is 0 Å². The number of Topliss-reactive ketones (excluding diaryl/α,β-unsaturated/α-hetero) is 1. The summed E-state index contributed by atoms with van der Waals surface area (Å²) in [5.74, 6) is 0.885. The normalized spacial score (nSPS) is 16.1. The molecule has 0 spiro atoms. The van der Waals surface area contributed by atoms with Crippen LogP contribution in [0.15, 0.2) is 18.2 Å². The Balaban J connectivity index is 1.80. The van der Waals surface area contributed by atoms with Gasteiger partial charge in [-0.15, -0.1) is 0 Å². The summed E-state index contributed by atoms with van der Waals surface area (Å²) < 4.78 is 0. The number of ketones is 1. The lowest BCUT2D eigenvalue weighted by molar-refractivity contribution is -0.116. The van der Waals surface area contributed by atoms with Gasteiger partial charge >= 0.3 is 0 Å². The van der Waals surface area contributed by atoms with E-state index in [4.69, 9.17) is 23.2 Å². The largest absolute Gasteiger partial charge is 0.298 e. The van der Waals surface area contributed by atoms with Crippen LogP contribution in [0.1, 0.15) is 31.2 Å². The van der Waals surface area contributed by atoms with Crippen molar-refractivity contribution in [2.45, 2.75) is 37.4 Å². The first-order valence-electron chi connectivity index (χ1n) is 6.22. The smallest absolute Gasteiger partial charge is 0.147 e. The summed E-state index contributed by atoms with van der Waals surface area (Å²) in [5.41, 5.74) is 0.946. The van der Waals surface area contributed by atoms with Crippen LogP contribution in [-0.4, -0.2) is 16.8 Å². The van der Waals surface area contributed by atoms with Gasteiger partial charge in [-0.2, -0.15) is 11.8 Å². The zero-order valence-corrected chi connectivity index (χ0v) is 12.5. The summed E-state index contributed by atoms with van der Waals surface area (Å²) in [6, 6.07) is 5.39. The zero-order chi connectivity index (χ0) is 13.0. The Morgan fingerprint density at radius 1 is 1.22 bits per heavy atom. The second-order valence-electron chi connectivity index (χ2n) is 4.68. The Morgan fingerprint density at radius 2 is 1.94 bits per heavy atom. The van der Waals surface area contributed by atoms with E-state index in [2.05, 4.69) is 0 Å². The van der Waals surface area contributed by atoms with Gasteiger partial charge in [0.25, 0.3) is 0 Å². The van der Waals surface area contributed by atoms with Crippen LogP contribution in [0.3, 0.4) is 0 Å². The van der Waals surface area contributed by atoms with Crippen molar-refractivity contribution in [1.29, 1.82) is 0 Å². The minimum Gasteiger partial charge on any atom is -0.298 e. The molecule has 1 aliphatic carbocycles. The van der Waals surface area contributed by atoms with Gasteiger partial charge in [0.15, 0.2) is 0 Å². The molecule has 1 aromatic carbocycles. The molecule has 0 heterocycles. The Kier molecular flexibility index (Phi) is 5.40. The van der Waals surface area contributed by atoms with Gasteiger partial charge in [0.1, 0.15) is 5.78 Å². The topological polar surface area (TPSA) is 17.1 Å². The van der Waals surface area contributed by atoms with Crippen molar-refractivity contribution in [2.24, 2.45) is 0 Å². The highest BCUT2D eigenvalue weighted by atomic mass is 35.5. The molecule has 0 N–H and O–H groups in total. The molecule has 0 unspecified atom stereocenters. The van der Waals surface area contributed by atoms with Gasteiger partial charge in [-0.3, -0.25) is 4.79 Å². The number of carbonyl (C=O) groups excluding carboxylic acids is 1. The lowest BCUT2D eigenvalue weighted by atomic mass is 10.1. The third kappa shape index (κ3) is 4.18. The molecule has 2 rings (SSSR count). The van der Waals surface area contributed by atoms with E-state index in [9.17, 15) is 4.79 Å². The second-order valence-corrected chi connectivity index (χ2v) is 6.78. The van der Waals surface area contributed by atoms with E-state index in [1.807, 2.05) is 17.8 Å². The average molecular weight is 303 g/mol. The monoisotopic (exact) mass is 302 g/mol. The van der Waals surface area contributed by atoms with E-state index in [-0.39, 0.29) is 5.78 Å². The van der Waals surface area contributed by atoms with Crippen LogP contribution in [0.2, 0.25) is 10.0 Å². The molecular weight excluding hydrogens is 287 g/mol. The van der Waals surface area contributed by atoms with Crippen molar-refractivity contribution in [3.8, 4) is 0 Å². The van der Waals surface area contributed by atoms with Crippen LogP contribution in [0.5, 0.6) is 0 Å². The van der Waals surface area contributed by atoms with E-state index < -0.39 is 0 Å². The SMILES string of the molecule is O=C(CSC1CCCC1)Cc1ccc(Cl)c(Cl)c1. The fourth-order valence-corrected chi connectivity index (χ4v) is 3.71. The van der Waals surface area contributed by atoms with Crippen molar-refractivity contribution in [3.05, 3.63) is 33.8 Å². The number of carbonyl (C=O) groups is 1. The van der Waals surface area contributed by atoms with E-state index in [0.29, 0.717) is 27.5 Å². The maximum absolute atomic E-state index is 11.9. The van der Waals surface area contributed by atoms with E-state index in [1.54, 1.807) is 12.1 Å². The molecule has 1 nitrogen and oxygen atoms in total. The highest BCUT2D eigenvalue weighted by molar-refractivity contribution is 8.00. The molecule has 0 amide bonds. The molecule has 0 aromatic heterocycles. The maximum Gasteiger partial charge on any atom is 0.147 e. The highest BCUT2D eigenvalue weighted by Gasteiger charge is 2.16. The summed E-state index contributed by atoms with van der Waals surface area (Å²) in [4.78, 5) is 11.9. The number of rotatable bonds is 5. The van der Waals surface area contributed by atoms with Crippen LogP contribution >= 0.6 is 35.0 Å². The first kappa shape index (κ1) is 14.2. The molecule has 1 aromatic rings. The fourth-order valence-electron chi connectivity index (χ4n) is 2.19. The zero-order valence-electron chi connectivity index (χ0n) is 10.1. The predicted octanol–water partition coefficient (Wildman–Crippen LogP) is 4.78. The van der Waals surface area contributed by atoms with Crippen LogP contribution < -0.4 is 0 Å². The minimum atomic E-state index is 0.269. The van der Waals surface area contributed by atoms with Crippen LogP contribution in [0.25, 0.3) is 0 Å². The molecule has 1 saturated carbocycles. The summed E-state index contributed by atoms with van der Waals surface area (Å²) in [7, 11) is 0. The second kappa shape index (κ2) is 6.83. The van der Waals surface area contributed by atoms with Gasteiger partial charge in [0, 0.05) is 11.7 Å². The van der Waals surface area contributed by atoms with Gasteiger partial charge in [-0.25, -0.2) is 0 Å². The van der Waals surface area contributed by atoms with Gasteiger partial charge in [-0.05, 0) is 30.5 Å². The summed E-state index contributed by atoms with van der Waals surface area (Å²) in [6.45, 7) is 0. The predicted molar refractivity (Wildman–Crippen MR) is 79.9 cm³/mol. The molecule has 4 heteroatoms. The van der Waals surface area contributed by atoms with Crippen molar-refractivity contribution in [2.75, 3.05) is 5.75 Å². The van der Waals surface area contributed by atoms with Crippen molar-refractivity contribution in [1.82, 2.24) is 0 Å². The van der Waals surface area contributed by atoms with E-state index in [0.717, 1.165) is 5.56 Å². The standard InChI is InChI=1S/C14H16Cl2OS/c15-13-6-5-10(8-14(13)16)7-11(17)9-18-12-3-1-2-4-12/h5-6,8,12H,1-4,7,9H2. The molecule has 0 aliphatic heterocycles. The average Bonchev–Trinajstić information content (AvgIpc) is 2.84. The molecule has 18 heavy (non-hydrogen) atoms. The van der Waals surface area contributed by atoms with Gasteiger partial charge in [0.2, 0.25) is 0 Å². The Hall–Kier alpha value is -0.180. The number of hydrogen-bond donors (Lipinski definition) is 0. The summed E-state index contributed by atoms with van der Waals surface area (Å²) in [5, 5.41) is 1.75.